The van der Waals surface area contributed by atoms with Gasteiger partial charge in [0.15, 0.2) is 5.75 Å². The minimum atomic E-state index is -0.523. The molecule has 0 fully saturated rings. The summed E-state index contributed by atoms with van der Waals surface area (Å²) in [6, 6.07) is 17.5. The van der Waals surface area contributed by atoms with Gasteiger partial charge >= 0.3 is 0 Å². The van der Waals surface area contributed by atoms with Crippen LogP contribution >= 0.6 is 23.2 Å². The van der Waals surface area contributed by atoms with Gasteiger partial charge in [-0.2, -0.15) is 5.26 Å². The molecular formula is C25H20Cl2FN3O2. The zero-order valence-corrected chi connectivity index (χ0v) is 19.4. The van der Waals surface area contributed by atoms with Crippen molar-refractivity contribution in [1.82, 2.24) is 0 Å². The summed E-state index contributed by atoms with van der Waals surface area (Å²) in [6.07, 6.45) is 0. The number of allylic oxidation sites excluding steroid dienone is 1. The molecule has 33 heavy (non-hydrogen) atoms. The van der Waals surface area contributed by atoms with E-state index >= 15 is 0 Å². The van der Waals surface area contributed by atoms with Crippen molar-refractivity contribution in [1.29, 1.82) is 5.26 Å². The Morgan fingerprint density at radius 3 is 2.45 bits per heavy atom. The maximum absolute atomic E-state index is 13.9. The molecule has 0 amide bonds. The second-order valence-corrected chi connectivity index (χ2v) is 8.55. The van der Waals surface area contributed by atoms with Crippen molar-refractivity contribution in [2.24, 2.45) is 5.73 Å². The summed E-state index contributed by atoms with van der Waals surface area (Å²) in [5.74, 6) is -0.0917. The molecule has 1 aliphatic rings. The number of nitrogens with two attached hydrogens (primary N) is 1. The van der Waals surface area contributed by atoms with Gasteiger partial charge in [0.05, 0.1) is 16.0 Å². The number of hydrogen-bond donors (Lipinski definition) is 1. The van der Waals surface area contributed by atoms with E-state index in [9.17, 15) is 9.65 Å². The fourth-order valence-electron chi connectivity index (χ4n) is 3.71. The van der Waals surface area contributed by atoms with Crippen molar-refractivity contribution in [2.75, 3.05) is 19.0 Å². The molecule has 168 valence electrons. The Morgan fingerprint density at radius 1 is 1.12 bits per heavy atom. The maximum atomic E-state index is 13.9. The summed E-state index contributed by atoms with van der Waals surface area (Å²) < 4.78 is 25.4. The Morgan fingerprint density at radius 2 is 1.82 bits per heavy atom. The monoisotopic (exact) mass is 483 g/mol. The van der Waals surface area contributed by atoms with Crippen molar-refractivity contribution in [3.8, 4) is 17.6 Å². The number of fused-ring (bicyclic) bond motifs is 1. The molecule has 0 spiro atoms. The molecule has 2 N–H and O–H groups in total. The maximum Gasteiger partial charge on any atom is 0.205 e. The van der Waals surface area contributed by atoms with Crippen LogP contribution in [0.3, 0.4) is 0 Å². The normalized spacial score (nSPS) is 14.8. The molecule has 0 aliphatic carbocycles. The van der Waals surface area contributed by atoms with Crippen molar-refractivity contribution < 1.29 is 13.9 Å². The first-order chi connectivity index (χ1) is 15.8. The Kier molecular flexibility index (Phi) is 6.37. The number of halogens is 3. The van der Waals surface area contributed by atoms with Gasteiger partial charge in [-0.15, -0.1) is 0 Å². The Balaban J connectivity index is 1.73. The van der Waals surface area contributed by atoms with E-state index in [1.807, 2.05) is 37.2 Å². The van der Waals surface area contributed by atoms with E-state index in [1.54, 1.807) is 30.3 Å². The van der Waals surface area contributed by atoms with Crippen LogP contribution in [0, 0.1) is 17.1 Å². The molecule has 0 aromatic heterocycles. The Bertz CT molecular complexity index is 1280. The molecular weight excluding hydrogens is 464 g/mol. The molecule has 8 heteroatoms. The minimum Gasteiger partial charge on any atom is -0.486 e. The summed E-state index contributed by atoms with van der Waals surface area (Å²) in [7, 11) is 3.84. The van der Waals surface area contributed by atoms with Crippen LogP contribution < -0.4 is 20.1 Å². The molecule has 0 radical (unpaired) electrons. The van der Waals surface area contributed by atoms with Crippen LogP contribution in [-0.2, 0) is 6.61 Å². The summed E-state index contributed by atoms with van der Waals surface area (Å²) >= 11 is 13.0. The highest BCUT2D eigenvalue weighted by molar-refractivity contribution is 6.37. The smallest absolute Gasteiger partial charge is 0.205 e. The van der Waals surface area contributed by atoms with Crippen LogP contribution in [0.25, 0.3) is 0 Å². The standard InChI is InChI=1S/C25H20Cl2FN3O2/c1-31(2)16-7-8-17-22(11-16)33-25(30)18(12-29)23(17)15-9-19(26)24(20(27)10-15)32-13-14-5-3-4-6-21(14)28/h3-11,23H,13,30H2,1-2H3/t23-/m0/s1. The van der Waals surface area contributed by atoms with Gasteiger partial charge in [-0.05, 0) is 29.8 Å². The molecule has 0 bridgehead atoms. The molecule has 1 atom stereocenters. The van der Waals surface area contributed by atoms with Gasteiger partial charge in [0.1, 0.15) is 29.8 Å². The van der Waals surface area contributed by atoms with E-state index < -0.39 is 5.92 Å². The highest BCUT2D eigenvalue weighted by Crippen LogP contribution is 2.46. The third-order valence-corrected chi connectivity index (χ3v) is 5.96. The average molecular weight is 484 g/mol. The fraction of sp³-hybridized carbons (Fsp3) is 0.160. The number of rotatable bonds is 5. The zero-order valence-electron chi connectivity index (χ0n) is 17.9. The average Bonchev–Trinajstić information content (AvgIpc) is 2.78. The number of anilines is 1. The van der Waals surface area contributed by atoms with Crippen LogP contribution in [0.15, 0.2) is 66.1 Å². The number of nitrogens with zero attached hydrogens (tertiary/aromatic N) is 2. The van der Waals surface area contributed by atoms with Gasteiger partial charge in [0.2, 0.25) is 5.88 Å². The molecule has 3 aromatic carbocycles. The number of ether oxygens (including phenoxy) is 2. The van der Waals surface area contributed by atoms with Crippen LogP contribution in [0.1, 0.15) is 22.6 Å². The topological polar surface area (TPSA) is 71.5 Å². The summed E-state index contributed by atoms with van der Waals surface area (Å²) in [5, 5.41) is 10.3. The van der Waals surface area contributed by atoms with Crippen LogP contribution in [0.5, 0.6) is 11.5 Å². The van der Waals surface area contributed by atoms with Crippen molar-refractivity contribution in [3.63, 3.8) is 0 Å². The first kappa shape index (κ1) is 22.8. The Hall–Kier alpha value is -3.40. The third-order valence-electron chi connectivity index (χ3n) is 5.40. The van der Waals surface area contributed by atoms with Gasteiger partial charge in [-0.25, -0.2) is 4.39 Å². The van der Waals surface area contributed by atoms with Crippen molar-refractivity contribution >= 4 is 28.9 Å². The second kappa shape index (κ2) is 9.22. The van der Waals surface area contributed by atoms with Crippen LogP contribution in [0.4, 0.5) is 10.1 Å². The van der Waals surface area contributed by atoms with Gasteiger partial charge in [0.25, 0.3) is 0 Å². The molecule has 4 rings (SSSR count). The van der Waals surface area contributed by atoms with Crippen LogP contribution in [-0.4, -0.2) is 14.1 Å². The van der Waals surface area contributed by atoms with E-state index in [0.717, 1.165) is 11.3 Å². The lowest BCUT2D eigenvalue weighted by Gasteiger charge is -2.28. The molecule has 1 heterocycles. The van der Waals surface area contributed by atoms with Crippen molar-refractivity contribution in [3.05, 3.63) is 98.6 Å². The number of benzene rings is 3. The molecule has 0 unspecified atom stereocenters. The molecule has 1 aliphatic heterocycles. The van der Waals surface area contributed by atoms with E-state index in [1.165, 1.54) is 6.07 Å². The van der Waals surface area contributed by atoms with Crippen LogP contribution in [0.2, 0.25) is 10.0 Å². The van der Waals surface area contributed by atoms with E-state index in [4.69, 9.17) is 38.4 Å². The predicted molar refractivity (Wildman–Crippen MR) is 127 cm³/mol. The molecule has 0 saturated carbocycles. The third kappa shape index (κ3) is 4.43. The lowest BCUT2D eigenvalue weighted by Crippen LogP contribution is -2.21. The Labute approximate surface area is 201 Å². The van der Waals surface area contributed by atoms with Gasteiger partial charge in [-0.1, -0.05) is 47.5 Å². The number of nitriles is 1. The first-order valence-corrected chi connectivity index (χ1v) is 10.8. The predicted octanol–water partition coefficient (Wildman–Crippen LogP) is 6.00. The molecule has 5 nitrogen and oxygen atoms in total. The van der Waals surface area contributed by atoms with Gasteiger partial charge < -0.3 is 20.1 Å². The SMILES string of the molecule is CN(C)c1ccc2c(c1)OC(N)=C(C#N)[C@H]2c1cc(Cl)c(OCc2ccccc2F)c(Cl)c1. The lowest BCUT2D eigenvalue weighted by molar-refractivity contribution is 0.300. The highest BCUT2D eigenvalue weighted by atomic mass is 35.5. The highest BCUT2D eigenvalue weighted by Gasteiger charge is 2.32. The number of hydrogen-bond acceptors (Lipinski definition) is 5. The summed E-state index contributed by atoms with van der Waals surface area (Å²) in [4.78, 5) is 1.94. The van der Waals surface area contributed by atoms with Gasteiger partial charge in [0, 0.05) is 37.0 Å². The molecule has 3 aromatic rings. The summed E-state index contributed by atoms with van der Waals surface area (Å²) in [5.41, 5.74) is 9.07. The van der Waals surface area contributed by atoms with E-state index in [0.29, 0.717) is 16.9 Å². The quantitative estimate of drug-likeness (QED) is 0.481. The minimum absolute atomic E-state index is 0.0260. The largest absolute Gasteiger partial charge is 0.486 e. The summed E-state index contributed by atoms with van der Waals surface area (Å²) in [6.45, 7) is -0.0326. The van der Waals surface area contributed by atoms with Gasteiger partial charge in [-0.3, -0.25) is 0 Å². The van der Waals surface area contributed by atoms with Crippen molar-refractivity contribution in [2.45, 2.75) is 12.5 Å². The lowest BCUT2D eigenvalue weighted by atomic mass is 9.83. The van der Waals surface area contributed by atoms with E-state index in [-0.39, 0.29) is 39.7 Å². The second-order valence-electron chi connectivity index (χ2n) is 7.74. The molecule has 0 saturated heterocycles. The fourth-order valence-corrected chi connectivity index (χ4v) is 4.33. The van der Waals surface area contributed by atoms with E-state index in [2.05, 4.69) is 6.07 Å². The zero-order chi connectivity index (χ0) is 23.7. The first-order valence-electron chi connectivity index (χ1n) is 10.0.